The fourth-order valence-corrected chi connectivity index (χ4v) is 6.96. The Balaban J connectivity index is 1.74. The number of rotatable bonds is 6. The monoisotopic (exact) mass is 546 g/mol. The van der Waals surface area contributed by atoms with Gasteiger partial charge < -0.3 is 10.1 Å². The number of ether oxygens (including phenoxy) is 1. The number of amides is 1. The summed E-state index contributed by atoms with van der Waals surface area (Å²) in [7, 11) is -1.96. The number of nitrogens with one attached hydrogen (secondary N) is 1. The standard InChI is InChI=1S/C20H23IN2O4S2/c1-3-16-13-28-11-10-23(16)29(25,26)17-7-5-15(6-8-17)22-20(24)14-4-9-19(27-2)18(21)12-14/h4-9,12,16H,3,10-11,13H2,1-2H3,(H,22,24). The fourth-order valence-electron chi connectivity index (χ4n) is 3.13. The molecule has 1 saturated heterocycles. The highest BCUT2D eigenvalue weighted by Crippen LogP contribution is 2.27. The second kappa shape index (κ2) is 9.67. The van der Waals surface area contributed by atoms with Gasteiger partial charge in [-0.2, -0.15) is 16.1 Å². The summed E-state index contributed by atoms with van der Waals surface area (Å²) in [5.41, 5.74) is 1.05. The smallest absolute Gasteiger partial charge is 0.255 e. The van der Waals surface area contributed by atoms with Crippen LogP contribution >= 0.6 is 34.4 Å². The highest BCUT2D eigenvalue weighted by molar-refractivity contribution is 14.1. The minimum Gasteiger partial charge on any atom is -0.496 e. The van der Waals surface area contributed by atoms with Gasteiger partial charge in [-0.15, -0.1) is 0 Å². The van der Waals surface area contributed by atoms with Crippen molar-refractivity contribution < 1.29 is 17.9 Å². The van der Waals surface area contributed by atoms with E-state index in [-0.39, 0.29) is 16.8 Å². The van der Waals surface area contributed by atoms with Crippen molar-refractivity contribution in [1.82, 2.24) is 4.31 Å². The third-order valence-electron chi connectivity index (χ3n) is 4.78. The van der Waals surface area contributed by atoms with Gasteiger partial charge in [0, 0.05) is 35.3 Å². The zero-order valence-electron chi connectivity index (χ0n) is 16.2. The van der Waals surface area contributed by atoms with E-state index in [2.05, 4.69) is 27.9 Å². The van der Waals surface area contributed by atoms with Gasteiger partial charge in [0.1, 0.15) is 5.75 Å². The van der Waals surface area contributed by atoms with E-state index in [0.29, 0.717) is 23.5 Å². The third-order valence-corrected chi connectivity index (χ3v) is 8.68. The van der Waals surface area contributed by atoms with E-state index in [9.17, 15) is 13.2 Å². The lowest BCUT2D eigenvalue weighted by atomic mass is 10.2. The van der Waals surface area contributed by atoms with Crippen LogP contribution in [0, 0.1) is 3.57 Å². The minimum atomic E-state index is -3.54. The number of carbonyl (C=O) groups is 1. The van der Waals surface area contributed by atoms with Crippen molar-refractivity contribution in [2.24, 2.45) is 0 Å². The molecule has 3 rings (SSSR count). The zero-order chi connectivity index (χ0) is 21.0. The van der Waals surface area contributed by atoms with E-state index in [1.807, 2.05) is 6.92 Å². The summed E-state index contributed by atoms with van der Waals surface area (Å²) >= 11 is 3.90. The second-order valence-corrected chi connectivity index (χ2v) is 10.8. The van der Waals surface area contributed by atoms with E-state index >= 15 is 0 Å². The molecule has 1 aliphatic heterocycles. The topological polar surface area (TPSA) is 75.7 Å². The first kappa shape index (κ1) is 22.4. The second-order valence-electron chi connectivity index (χ2n) is 6.58. The summed E-state index contributed by atoms with van der Waals surface area (Å²) in [6.45, 7) is 2.54. The van der Waals surface area contributed by atoms with Gasteiger partial charge in [-0.05, 0) is 71.5 Å². The maximum Gasteiger partial charge on any atom is 0.255 e. The lowest BCUT2D eigenvalue weighted by Crippen LogP contribution is -2.45. The Morgan fingerprint density at radius 2 is 2.00 bits per heavy atom. The van der Waals surface area contributed by atoms with Crippen molar-refractivity contribution >= 4 is 56.0 Å². The molecule has 0 aromatic heterocycles. The van der Waals surface area contributed by atoms with Crippen LogP contribution in [-0.4, -0.2) is 49.8 Å². The summed E-state index contributed by atoms with van der Waals surface area (Å²) in [6.07, 6.45) is 0.793. The van der Waals surface area contributed by atoms with Crippen LogP contribution in [-0.2, 0) is 10.0 Å². The molecule has 9 heteroatoms. The largest absolute Gasteiger partial charge is 0.496 e. The minimum absolute atomic E-state index is 0.0238. The van der Waals surface area contributed by atoms with E-state index in [0.717, 1.165) is 21.5 Å². The summed E-state index contributed by atoms with van der Waals surface area (Å²) < 4.78 is 33.7. The average Bonchev–Trinajstić information content (AvgIpc) is 2.74. The van der Waals surface area contributed by atoms with Crippen molar-refractivity contribution in [3.05, 3.63) is 51.6 Å². The van der Waals surface area contributed by atoms with Gasteiger partial charge in [0.2, 0.25) is 10.0 Å². The SMILES string of the molecule is CCC1CSCCN1S(=O)(=O)c1ccc(NC(=O)c2ccc(OC)c(I)c2)cc1. The zero-order valence-corrected chi connectivity index (χ0v) is 20.0. The molecule has 29 heavy (non-hydrogen) atoms. The predicted octanol–water partition coefficient (Wildman–Crippen LogP) is 4.07. The van der Waals surface area contributed by atoms with Crippen LogP contribution in [0.4, 0.5) is 5.69 Å². The van der Waals surface area contributed by atoms with Gasteiger partial charge in [-0.1, -0.05) is 6.92 Å². The number of nitrogens with zero attached hydrogens (tertiary/aromatic N) is 1. The lowest BCUT2D eigenvalue weighted by molar-refractivity contribution is 0.102. The number of hydrogen-bond acceptors (Lipinski definition) is 5. The van der Waals surface area contributed by atoms with Crippen LogP contribution in [0.15, 0.2) is 47.4 Å². The van der Waals surface area contributed by atoms with Gasteiger partial charge in [0.15, 0.2) is 0 Å². The Morgan fingerprint density at radius 1 is 1.28 bits per heavy atom. The van der Waals surface area contributed by atoms with Gasteiger partial charge in [0.05, 0.1) is 15.6 Å². The number of benzene rings is 2. The molecule has 0 saturated carbocycles. The molecular formula is C20H23IN2O4S2. The van der Waals surface area contributed by atoms with Crippen molar-refractivity contribution in [3.8, 4) is 5.75 Å². The summed E-state index contributed by atoms with van der Waals surface area (Å²) in [6, 6.07) is 11.6. The molecule has 1 unspecified atom stereocenters. The molecule has 1 fully saturated rings. The Kier molecular flexibility index (Phi) is 7.47. The van der Waals surface area contributed by atoms with Gasteiger partial charge >= 0.3 is 0 Å². The Labute approximate surface area is 189 Å². The van der Waals surface area contributed by atoms with Gasteiger partial charge in [-0.25, -0.2) is 8.42 Å². The Morgan fingerprint density at radius 3 is 2.62 bits per heavy atom. The highest BCUT2D eigenvalue weighted by atomic mass is 127. The van der Waals surface area contributed by atoms with Crippen LogP contribution in [0.2, 0.25) is 0 Å². The molecule has 2 aromatic rings. The summed E-state index contributed by atoms with van der Waals surface area (Å²) in [4.78, 5) is 12.7. The molecular weight excluding hydrogens is 523 g/mol. The van der Waals surface area contributed by atoms with Crippen molar-refractivity contribution in [3.63, 3.8) is 0 Å². The first-order chi connectivity index (χ1) is 13.9. The molecule has 2 aromatic carbocycles. The number of sulfonamides is 1. The highest BCUT2D eigenvalue weighted by Gasteiger charge is 2.32. The van der Waals surface area contributed by atoms with E-state index in [1.54, 1.807) is 65.6 Å². The van der Waals surface area contributed by atoms with Crippen LogP contribution in [0.25, 0.3) is 0 Å². The van der Waals surface area contributed by atoms with Crippen LogP contribution in [0.3, 0.4) is 0 Å². The maximum absolute atomic E-state index is 13.0. The molecule has 0 aliphatic carbocycles. The molecule has 6 nitrogen and oxygen atoms in total. The first-order valence-electron chi connectivity index (χ1n) is 9.21. The number of halogens is 1. The molecule has 1 atom stereocenters. The number of methoxy groups -OCH3 is 1. The third kappa shape index (κ3) is 5.07. The van der Waals surface area contributed by atoms with Crippen LogP contribution in [0.1, 0.15) is 23.7 Å². The Hall–Kier alpha value is -1.30. The summed E-state index contributed by atoms with van der Waals surface area (Å²) in [5.74, 6) is 2.08. The van der Waals surface area contributed by atoms with Crippen molar-refractivity contribution in [2.45, 2.75) is 24.3 Å². The average molecular weight is 546 g/mol. The lowest BCUT2D eigenvalue weighted by Gasteiger charge is -2.33. The van der Waals surface area contributed by atoms with Crippen molar-refractivity contribution in [1.29, 1.82) is 0 Å². The number of thioether (sulfide) groups is 1. The molecule has 1 amide bonds. The van der Waals surface area contributed by atoms with E-state index in [1.165, 1.54) is 0 Å². The maximum atomic E-state index is 13.0. The molecule has 0 spiro atoms. The number of anilines is 1. The number of carbonyl (C=O) groups excluding carboxylic acids is 1. The Bertz CT molecular complexity index is 980. The normalized spacial score (nSPS) is 17.7. The first-order valence-corrected chi connectivity index (χ1v) is 12.9. The van der Waals surface area contributed by atoms with Crippen LogP contribution < -0.4 is 10.1 Å². The molecule has 0 radical (unpaired) electrons. The quantitative estimate of drug-likeness (QED) is 0.554. The molecule has 1 N–H and O–H groups in total. The van der Waals surface area contributed by atoms with Crippen LogP contribution in [0.5, 0.6) is 5.75 Å². The molecule has 0 bridgehead atoms. The fraction of sp³-hybridized carbons (Fsp3) is 0.350. The van der Waals surface area contributed by atoms with Gasteiger partial charge in [0.25, 0.3) is 5.91 Å². The molecule has 1 aliphatic rings. The predicted molar refractivity (Wildman–Crippen MR) is 125 cm³/mol. The molecule has 1 heterocycles. The summed E-state index contributed by atoms with van der Waals surface area (Å²) in [5, 5.41) is 2.81. The van der Waals surface area contributed by atoms with Gasteiger partial charge in [-0.3, -0.25) is 4.79 Å². The van der Waals surface area contributed by atoms with Crippen molar-refractivity contribution in [2.75, 3.05) is 30.5 Å². The van der Waals surface area contributed by atoms with E-state index < -0.39 is 10.0 Å². The number of hydrogen-bond donors (Lipinski definition) is 1. The molecule has 156 valence electrons. The van der Waals surface area contributed by atoms with E-state index in [4.69, 9.17) is 4.74 Å².